The summed E-state index contributed by atoms with van der Waals surface area (Å²) in [6.07, 6.45) is 6.81. The molecule has 1 aliphatic heterocycles. The van der Waals surface area contributed by atoms with Crippen LogP contribution in [0.4, 0.5) is 10.1 Å². The Morgan fingerprint density at radius 1 is 1.00 bits per heavy atom. The number of carbonyl (C=O) groups is 2. The van der Waals surface area contributed by atoms with Gasteiger partial charge in [0.25, 0.3) is 0 Å². The van der Waals surface area contributed by atoms with Gasteiger partial charge in [-0.3, -0.25) is 9.59 Å². The van der Waals surface area contributed by atoms with Gasteiger partial charge in [0.15, 0.2) is 5.78 Å². The summed E-state index contributed by atoms with van der Waals surface area (Å²) in [6.45, 7) is 3.78. The maximum Gasteiger partial charge on any atom is 0.312 e. The van der Waals surface area contributed by atoms with Gasteiger partial charge in [-0.25, -0.2) is 4.39 Å². The molecule has 1 aliphatic rings. The minimum absolute atomic E-state index is 0.0834. The van der Waals surface area contributed by atoms with E-state index in [1.54, 1.807) is 31.2 Å². The largest absolute Gasteiger partial charge is 0.507 e. The van der Waals surface area contributed by atoms with Crippen molar-refractivity contribution in [3.63, 3.8) is 0 Å². The highest BCUT2D eigenvalue weighted by Gasteiger charge is 2.18. The number of ether oxygens (including phenoxy) is 1. The average Bonchev–Trinajstić information content (AvgIpc) is 2.92. The zero-order valence-electron chi connectivity index (χ0n) is 20.5. The van der Waals surface area contributed by atoms with Crippen molar-refractivity contribution in [1.82, 2.24) is 0 Å². The molecule has 6 heteroatoms. The third-order valence-corrected chi connectivity index (χ3v) is 6.66. The van der Waals surface area contributed by atoms with Gasteiger partial charge in [-0.1, -0.05) is 36.4 Å². The predicted octanol–water partition coefficient (Wildman–Crippen LogP) is 6.36. The molecule has 1 fully saturated rings. The summed E-state index contributed by atoms with van der Waals surface area (Å²) in [4.78, 5) is 27.0. The Bertz CT molecular complexity index is 1280. The fraction of sp³-hybridized carbons (Fsp3) is 0.267. The summed E-state index contributed by atoms with van der Waals surface area (Å²) in [6, 6.07) is 17.0. The van der Waals surface area contributed by atoms with Gasteiger partial charge < -0.3 is 14.7 Å². The summed E-state index contributed by atoms with van der Waals surface area (Å²) in [5.41, 5.74) is 3.35. The van der Waals surface area contributed by atoms with E-state index in [0.29, 0.717) is 11.1 Å². The van der Waals surface area contributed by atoms with E-state index in [0.717, 1.165) is 18.7 Å². The Kier molecular flexibility index (Phi) is 7.84. The zero-order valence-corrected chi connectivity index (χ0v) is 20.5. The van der Waals surface area contributed by atoms with Crippen LogP contribution in [0.1, 0.15) is 53.6 Å². The number of carbonyl (C=O) groups excluding carboxylic acids is 2. The van der Waals surface area contributed by atoms with Gasteiger partial charge in [0.1, 0.15) is 11.6 Å². The first-order valence-corrected chi connectivity index (χ1v) is 12.2. The molecule has 1 N–H and O–H groups in total. The molecule has 3 aromatic carbocycles. The summed E-state index contributed by atoms with van der Waals surface area (Å²) in [5.74, 6) is -2.14. The minimum Gasteiger partial charge on any atom is -0.507 e. The van der Waals surface area contributed by atoms with Crippen LogP contribution in [0, 0.1) is 5.82 Å². The lowest BCUT2D eigenvalue weighted by Crippen LogP contribution is -2.29. The highest BCUT2D eigenvalue weighted by atomic mass is 19.1. The van der Waals surface area contributed by atoms with Crippen LogP contribution in [-0.4, -0.2) is 37.1 Å². The van der Waals surface area contributed by atoms with Crippen molar-refractivity contribution in [1.29, 1.82) is 0 Å². The van der Waals surface area contributed by atoms with E-state index in [1.165, 1.54) is 56.3 Å². The number of piperidine rings is 1. The fourth-order valence-electron chi connectivity index (χ4n) is 4.46. The molecule has 5 nitrogen and oxygen atoms in total. The number of aromatic hydroxyl groups is 1. The number of hydrogen-bond acceptors (Lipinski definition) is 5. The van der Waals surface area contributed by atoms with Gasteiger partial charge in [-0.05, 0) is 79.3 Å². The molecule has 1 saturated heterocycles. The van der Waals surface area contributed by atoms with Crippen molar-refractivity contribution >= 4 is 23.5 Å². The molecule has 1 unspecified atom stereocenters. The van der Waals surface area contributed by atoms with Crippen LogP contribution >= 0.6 is 0 Å². The van der Waals surface area contributed by atoms with Crippen LogP contribution < -0.4 is 4.90 Å². The van der Waals surface area contributed by atoms with E-state index in [9.17, 15) is 19.1 Å². The van der Waals surface area contributed by atoms with E-state index >= 15 is 0 Å². The molecule has 36 heavy (non-hydrogen) atoms. The molecular weight excluding hydrogens is 457 g/mol. The summed E-state index contributed by atoms with van der Waals surface area (Å²) in [5, 5.41) is 10.3. The van der Waals surface area contributed by atoms with E-state index in [1.807, 2.05) is 12.1 Å². The van der Waals surface area contributed by atoms with Crippen LogP contribution in [0.15, 0.2) is 66.7 Å². The Morgan fingerprint density at radius 3 is 2.39 bits per heavy atom. The number of methoxy groups -OCH3 is 1. The highest BCUT2D eigenvalue weighted by molar-refractivity contribution is 6.09. The normalized spacial score (nSPS) is 14.6. The van der Waals surface area contributed by atoms with Crippen molar-refractivity contribution in [2.24, 2.45) is 0 Å². The van der Waals surface area contributed by atoms with Crippen molar-refractivity contribution in [3.05, 3.63) is 89.2 Å². The quantitative estimate of drug-likeness (QED) is 0.239. The van der Waals surface area contributed by atoms with Gasteiger partial charge >= 0.3 is 5.97 Å². The third kappa shape index (κ3) is 5.65. The number of halogens is 1. The lowest BCUT2D eigenvalue weighted by molar-refractivity contribution is -0.142. The first-order chi connectivity index (χ1) is 17.4. The molecule has 0 spiro atoms. The Balaban J connectivity index is 1.51. The number of phenolic OH excluding ortho intramolecular Hbond substituents is 1. The number of esters is 1. The molecule has 0 saturated carbocycles. The second kappa shape index (κ2) is 11.2. The van der Waals surface area contributed by atoms with Crippen LogP contribution in [0.2, 0.25) is 0 Å². The Labute approximate surface area is 210 Å². The van der Waals surface area contributed by atoms with Crippen molar-refractivity contribution < 1.29 is 23.8 Å². The first-order valence-electron chi connectivity index (χ1n) is 12.2. The molecule has 1 heterocycles. The highest BCUT2D eigenvalue weighted by Crippen LogP contribution is 2.31. The average molecular weight is 488 g/mol. The van der Waals surface area contributed by atoms with Gasteiger partial charge in [0.05, 0.1) is 18.6 Å². The van der Waals surface area contributed by atoms with Crippen molar-refractivity contribution in [3.8, 4) is 16.9 Å². The summed E-state index contributed by atoms with van der Waals surface area (Å²) >= 11 is 0. The molecule has 0 bridgehead atoms. The number of hydrogen-bond donors (Lipinski definition) is 1. The molecule has 0 amide bonds. The second-order valence-corrected chi connectivity index (χ2v) is 9.05. The van der Waals surface area contributed by atoms with E-state index in [-0.39, 0.29) is 22.7 Å². The molecule has 3 aromatic rings. The smallest absolute Gasteiger partial charge is 0.312 e. The summed E-state index contributed by atoms with van der Waals surface area (Å²) in [7, 11) is 1.29. The number of phenols is 1. The number of nitrogens with zero attached hydrogens (tertiary/aromatic N) is 1. The molecule has 0 aromatic heterocycles. The van der Waals surface area contributed by atoms with Gasteiger partial charge in [-0.15, -0.1) is 0 Å². The zero-order chi connectivity index (χ0) is 25.7. The fourth-order valence-corrected chi connectivity index (χ4v) is 4.46. The van der Waals surface area contributed by atoms with Crippen LogP contribution in [0.5, 0.6) is 5.75 Å². The molecular formula is C30H30FNO4. The van der Waals surface area contributed by atoms with Gasteiger partial charge in [-0.2, -0.15) is 0 Å². The van der Waals surface area contributed by atoms with E-state index < -0.39 is 17.7 Å². The number of ketones is 1. The Morgan fingerprint density at radius 2 is 1.72 bits per heavy atom. The Hall–Kier alpha value is -3.93. The lowest BCUT2D eigenvalue weighted by atomic mass is 9.95. The summed E-state index contributed by atoms with van der Waals surface area (Å²) < 4.78 is 19.6. The number of rotatable bonds is 7. The van der Waals surface area contributed by atoms with Crippen molar-refractivity contribution in [2.45, 2.75) is 32.1 Å². The molecule has 0 aliphatic carbocycles. The predicted molar refractivity (Wildman–Crippen MR) is 140 cm³/mol. The van der Waals surface area contributed by atoms with Crippen molar-refractivity contribution in [2.75, 3.05) is 25.1 Å². The minimum atomic E-state index is -0.602. The van der Waals surface area contributed by atoms with E-state index in [2.05, 4.69) is 17.0 Å². The van der Waals surface area contributed by atoms with Gasteiger partial charge in [0.2, 0.25) is 0 Å². The van der Waals surface area contributed by atoms with Crippen LogP contribution in [-0.2, 0) is 9.53 Å². The molecule has 4 rings (SSSR count). The standard InChI is InChI=1S/C30H30FNO4/c1-20(30(35)36-2)22-9-13-25(27(31)19-22)23-10-15-29(34)26(18-23)28(33)14-8-21-6-11-24(12-7-21)32-16-4-3-5-17-32/h6-15,18-20,34H,3-5,16-17H2,1-2H3/b14-8+. The molecule has 0 radical (unpaired) electrons. The van der Waals surface area contributed by atoms with Crippen LogP contribution in [0.25, 0.3) is 17.2 Å². The lowest BCUT2D eigenvalue weighted by Gasteiger charge is -2.28. The number of anilines is 1. The SMILES string of the molecule is COC(=O)C(C)c1ccc(-c2ccc(O)c(C(=O)/C=C/c3ccc(N4CCCCC4)cc3)c2)c(F)c1. The van der Waals surface area contributed by atoms with Gasteiger partial charge in [0, 0.05) is 24.3 Å². The monoisotopic (exact) mass is 487 g/mol. The topological polar surface area (TPSA) is 66.8 Å². The molecule has 186 valence electrons. The molecule has 1 atom stereocenters. The number of benzene rings is 3. The second-order valence-electron chi connectivity index (χ2n) is 9.05. The van der Waals surface area contributed by atoms with Crippen LogP contribution in [0.3, 0.4) is 0 Å². The maximum absolute atomic E-state index is 14.9. The first kappa shape index (κ1) is 25.2. The number of allylic oxidation sites excluding steroid dienone is 1. The third-order valence-electron chi connectivity index (χ3n) is 6.66. The maximum atomic E-state index is 14.9. The van der Waals surface area contributed by atoms with E-state index in [4.69, 9.17) is 4.74 Å².